The van der Waals surface area contributed by atoms with E-state index in [1.54, 1.807) is 6.20 Å². The van der Waals surface area contributed by atoms with Crippen LogP contribution >= 0.6 is 0 Å². The maximum atomic E-state index is 12.0. The number of benzene rings is 1. The van der Waals surface area contributed by atoms with Crippen molar-refractivity contribution in [2.75, 3.05) is 16.8 Å². The molecule has 0 radical (unpaired) electrons. The molecule has 1 aliphatic rings. The first-order valence-corrected chi connectivity index (χ1v) is 6.77. The number of aryl methyl sites for hydroxylation is 1. The Morgan fingerprint density at radius 3 is 2.90 bits per heavy atom. The van der Waals surface area contributed by atoms with Gasteiger partial charge < -0.3 is 10.2 Å². The van der Waals surface area contributed by atoms with Crippen LogP contribution in [0.15, 0.2) is 36.5 Å². The van der Waals surface area contributed by atoms with Crippen LogP contribution < -0.4 is 10.2 Å². The maximum Gasteiger partial charge on any atom is 0.229 e. The zero-order chi connectivity index (χ0) is 14.1. The predicted molar refractivity (Wildman–Crippen MR) is 78.5 cm³/mol. The van der Waals surface area contributed by atoms with Gasteiger partial charge in [-0.15, -0.1) is 0 Å². The summed E-state index contributed by atoms with van der Waals surface area (Å²) in [6.07, 6.45) is 1.80. The monoisotopic (exact) mass is 270 g/mol. The van der Waals surface area contributed by atoms with E-state index in [1.807, 2.05) is 49.0 Å². The van der Waals surface area contributed by atoms with Crippen molar-refractivity contribution in [2.45, 2.75) is 13.5 Å². The Hall–Kier alpha value is -2.30. The van der Waals surface area contributed by atoms with Crippen LogP contribution in [0.5, 0.6) is 0 Å². The lowest BCUT2D eigenvalue weighted by molar-refractivity contribution is -0.119. The van der Waals surface area contributed by atoms with Crippen molar-refractivity contribution in [3.63, 3.8) is 0 Å². The largest absolute Gasteiger partial charge is 0.363 e. The average molecular weight is 270 g/mol. The molecule has 0 saturated carbocycles. The van der Waals surface area contributed by atoms with E-state index in [9.17, 15) is 4.79 Å². The number of aromatic nitrogens is 2. The van der Waals surface area contributed by atoms with Crippen molar-refractivity contribution in [3.05, 3.63) is 42.2 Å². The Labute approximate surface area is 118 Å². The fourth-order valence-corrected chi connectivity index (χ4v) is 2.52. The molecule has 5 nitrogen and oxygen atoms in total. The van der Waals surface area contributed by atoms with Crippen molar-refractivity contribution >= 4 is 17.3 Å². The number of carbonyl (C=O) groups is 1. The molecule has 0 bridgehead atoms. The number of hydrogen-bond donors (Lipinski definition) is 1. The molecule has 0 saturated heterocycles. The van der Waals surface area contributed by atoms with E-state index in [0.717, 1.165) is 23.6 Å². The highest BCUT2D eigenvalue weighted by atomic mass is 16.1. The van der Waals surface area contributed by atoms with E-state index in [1.165, 1.54) is 0 Å². The Morgan fingerprint density at radius 2 is 2.15 bits per heavy atom. The lowest BCUT2D eigenvalue weighted by atomic mass is 10.1. The van der Waals surface area contributed by atoms with Gasteiger partial charge in [-0.25, -0.2) is 0 Å². The summed E-state index contributed by atoms with van der Waals surface area (Å²) >= 11 is 0. The fraction of sp³-hybridized carbons (Fsp3) is 0.333. The number of para-hydroxylation sites is 2. The SMILES string of the molecule is C[C@@H]1CN(Cc2ccnn2C)c2ccccc2NC1=O. The summed E-state index contributed by atoms with van der Waals surface area (Å²) < 4.78 is 1.87. The topological polar surface area (TPSA) is 50.2 Å². The van der Waals surface area contributed by atoms with Crippen LogP contribution in [0.25, 0.3) is 0 Å². The number of fused-ring (bicyclic) bond motifs is 1. The van der Waals surface area contributed by atoms with Gasteiger partial charge in [-0.2, -0.15) is 5.10 Å². The van der Waals surface area contributed by atoms with Gasteiger partial charge >= 0.3 is 0 Å². The molecule has 1 atom stereocenters. The molecule has 1 N–H and O–H groups in total. The van der Waals surface area contributed by atoms with E-state index >= 15 is 0 Å². The zero-order valence-corrected chi connectivity index (χ0v) is 11.7. The van der Waals surface area contributed by atoms with Crippen LogP contribution in [0, 0.1) is 5.92 Å². The van der Waals surface area contributed by atoms with Gasteiger partial charge in [0.25, 0.3) is 0 Å². The molecule has 2 heterocycles. The van der Waals surface area contributed by atoms with Crippen LogP contribution in [0.4, 0.5) is 11.4 Å². The Bertz CT molecular complexity index is 634. The second-order valence-electron chi connectivity index (χ2n) is 5.23. The second-order valence-corrected chi connectivity index (χ2v) is 5.23. The summed E-state index contributed by atoms with van der Waals surface area (Å²) in [4.78, 5) is 14.3. The Kier molecular flexibility index (Phi) is 3.18. The summed E-state index contributed by atoms with van der Waals surface area (Å²) in [5, 5.41) is 7.20. The molecule has 20 heavy (non-hydrogen) atoms. The number of rotatable bonds is 2. The highest BCUT2D eigenvalue weighted by Gasteiger charge is 2.25. The summed E-state index contributed by atoms with van der Waals surface area (Å²) in [7, 11) is 1.94. The molecule has 3 rings (SSSR count). The van der Waals surface area contributed by atoms with Gasteiger partial charge in [0.1, 0.15) is 0 Å². The lowest BCUT2D eigenvalue weighted by Gasteiger charge is -2.25. The van der Waals surface area contributed by atoms with Gasteiger partial charge in [-0.1, -0.05) is 19.1 Å². The van der Waals surface area contributed by atoms with Crippen LogP contribution in [0.3, 0.4) is 0 Å². The molecule has 104 valence electrons. The third-order valence-corrected chi connectivity index (χ3v) is 3.72. The molecule has 0 fully saturated rings. The van der Waals surface area contributed by atoms with Crippen LogP contribution in [-0.2, 0) is 18.4 Å². The fourth-order valence-electron chi connectivity index (χ4n) is 2.52. The first kappa shape index (κ1) is 12.7. The van der Waals surface area contributed by atoms with Gasteiger partial charge in [-0.05, 0) is 18.2 Å². The standard InChI is InChI=1S/C15H18N4O/c1-11-9-19(10-12-7-8-16-18(12)2)14-6-4-3-5-13(14)17-15(11)20/h3-8,11H,9-10H2,1-2H3,(H,17,20)/t11-/m1/s1. The predicted octanol–water partition coefficient (Wildman–Crippen LogP) is 2.01. The van der Waals surface area contributed by atoms with E-state index in [0.29, 0.717) is 6.54 Å². The number of nitrogens with zero attached hydrogens (tertiary/aromatic N) is 3. The van der Waals surface area contributed by atoms with Crippen molar-refractivity contribution in [1.82, 2.24) is 9.78 Å². The van der Waals surface area contributed by atoms with Crippen LogP contribution in [0.1, 0.15) is 12.6 Å². The lowest BCUT2D eigenvalue weighted by Crippen LogP contribution is -2.31. The minimum Gasteiger partial charge on any atom is -0.363 e. The molecule has 1 amide bonds. The second kappa shape index (κ2) is 5.00. The van der Waals surface area contributed by atoms with Crippen molar-refractivity contribution in [3.8, 4) is 0 Å². The summed E-state index contributed by atoms with van der Waals surface area (Å²) in [5.41, 5.74) is 3.07. The molecule has 2 aromatic rings. The molecule has 0 unspecified atom stereocenters. The van der Waals surface area contributed by atoms with Gasteiger partial charge in [-0.3, -0.25) is 9.48 Å². The first-order chi connectivity index (χ1) is 9.65. The number of nitrogens with one attached hydrogen (secondary N) is 1. The minimum absolute atomic E-state index is 0.0457. The quantitative estimate of drug-likeness (QED) is 0.908. The van der Waals surface area contributed by atoms with E-state index in [-0.39, 0.29) is 11.8 Å². The van der Waals surface area contributed by atoms with Gasteiger partial charge in [0.2, 0.25) is 5.91 Å². The summed E-state index contributed by atoms with van der Waals surface area (Å²) in [6.45, 7) is 3.40. The van der Waals surface area contributed by atoms with E-state index < -0.39 is 0 Å². The summed E-state index contributed by atoms with van der Waals surface area (Å²) in [5.74, 6) is 0.0283. The summed E-state index contributed by atoms with van der Waals surface area (Å²) in [6, 6.07) is 9.94. The van der Waals surface area contributed by atoms with E-state index in [4.69, 9.17) is 0 Å². The number of carbonyl (C=O) groups excluding carboxylic acids is 1. The third kappa shape index (κ3) is 2.27. The highest BCUT2D eigenvalue weighted by Crippen LogP contribution is 2.30. The van der Waals surface area contributed by atoms with E-state index in [2.05, 4.69) is 15.3 Å². The minimum atomic E-state index is -0.0457. The zero-order valence-electron chi connectivity index (χ0n) is 11.7. The van der Waals surface area contributed by atoms with Crippen LogP contribution in [-0.4, -0.2) is 22.2 Å². The Morgan fingerprint density at radius 1 is 1.35 bits per heavy atom. The van der Waals surface area contributed by atoms with Gasteiger partial charge in [0.05, 0.1) is 29.5 Å². The molecule has 0 aliphatic carbocycles. The molecular weight excluding hydrogens is 252 g/mol. The average Bonchev–Trinajstić information content (AvgIpc) is 2.78. The number of amides is 1. The number of anilines is 2. The van der Waals surface area contributed by atoms with Crippen molar-refractivity contribution in [1.29, 1.82) is 0 Å². The molecule has 1 aliphatic heterocycles. The molecule has 1 aromatic heterocycles. The van der Waals surface area contributed by atoms with Crippen molar-refractivity contribution < 1.29 is 4.79 Å². The molecular formula is C15H18N4O. The molecule has 5 heteroatoms. The third-order valence-electron chi connectivity index (χ3n) is 3.72. The Balaban J connectivity index is 1.96. The van der Waals surface area contributed by atoms with Gasteiger partial charge in [0, 0.05) is 19.8 Å². The van der Waals surface area contributed by atoms with Crippen molar-refractivity contribution in [2.24, 2.45) is 13.0 Å². The normalized spacial score (nSPS) is 18.4. The first-order valence-electron chi connectivity index (χ1n) is 6.77. The smallest absolute Gasteiger partial charge is 0.229 e. The van der Waals surface area contributed by atoms with Gasteiger partial charge in [0.15, 0.2) is 0 Å². The number of hydrogen-bond acceptors (Lipinski definition) is 3. The maximum absolute atomic E-state index is 12.0. The van der Waals surface area contributed by atoms with Crippen LogP contribution in [0.2, 0.25) is 0 Å². The highest BCUT2D eigenvalue weighted by molar-refractivity contribution is 5.97. The molecule has 0 spiro atoms. The molecule has 1 aromatic carbocycles.